The molecule has 0 amide bonds. The highest BCUT2D eigenvalue weighted by atomic mass is 16.5. The third kappa shape index (κ3) is 6.12. The van der Waals surface area contributed by atoms with Gasteiger partial charge in [-0.15, -0.1) is 0 Å². The largest absolute Gasteiger partial charge is 0.465 e. The van der Waals surface area contributed by atoms with Crippen molar-refractivity contribution in [3.8, 4) is 0 Å². The number of rotatable bonds is 6. The Labute approximate surface area is 72.9 Å². The maximum absolute atomic E-state index is 10.7. The molecule has 0 spiro atoms. The highest BCUT2D eigenvalue weighted by Crippen LogP contribution is 1.85. The number of ether oxygens (including phenoxy) is 1. The fraction of sp³-hybridized carbons (Fsp3) is 0.875. The highest BCUT2D eigenvalue weighted by molar-refractivity contribution is 5.71. The predicted molar refractivity (Wildman–Crippen MR) is 45.8 cm³/mol. The molecule has 0 heterocycles. The molecule has 4 nitrogen and oxygen atoms in total. The molecule has 0 fully saturated rings. The Morgan fingerprint density at radius 2 is 2.25 bits per heavy atom. The van der Waals surface area contributed by atoms with Crippen molar-refractivity contribution >= 4 is 5.97 Å². The van der Waals surface area contributed by atoms with Crippen molar-refractivity contribution in [2.24, 2.45) is 0 Å². The Hall–Kier alpha value is -0.610. The summed E-state index contributed by atoms with van der Waals surface area (Å²) in [5.41, 5.74) is 0. The smallest absolute Gasteiger partial charge is 0.319 e. The molecule has 0 rings (SSSR count). The van der Waals surface area contributed by atoms with Gasteiger partial charge in [0, 0.05) is 6.54 Å². The van der Waals surface area contributed by atoms with Crippen LogP contribution in [0.25, 0.3) is 0 Å². The van der Waals surface area contributed by atoms with Crippen molar-refractivity contribution in [2.75, 3.05) is 19.7 Å². The van der Waals surface area contributed by atoms with Gasteiger partial charge in [0.1, 0.15) is 0 Å². The van der Waals surface area contributed by atoms with Gasteiger partial charge in [0.15, 0.2) is 0 Å². The first-order valence-electron chi connectivity index (χ1n) is 4.25. The molecular weight excluding hydrogens is 158 g/mol. The van der Waals surface area contributed by atoms with Crippen LogP contribution in [-0.4, -0.2) is 36.9 Å². The molecule has 0 aromatic carbocycles. The van der Waals surface area contributed by atoms with Crippen LogP contribution in [0.1, 0.15) is 20.3 Å². The number of hydrogen-bond acceptors (Lipinski definition) is 4. The van der Waals surface area contributed by atoms with E-state index in [1.54, 1.807) is 6.92 Å². The monoisotopic (exact) mass is 175 g/mol. The molecule has 1 atom stereocenters. The second-order valence-electron chi connectivity index (χ2n) is 2.50. The Morgan fingerprint density at radius 3 is 2.75 bits per heavy atom. The van der Waals surface area contributed by atoms with Crippen LogP contribution >= 0.6 is 0 Å². The SMILES string of the molecule is CCOC(=O)CNCC(O)CC. The molecule has 0 aliphatic heterocycles. The first-order chi connectivity index (χ1) is 5.70. The Kier molecular flexibility index (Phi) is 6.70. The van der Waals surface area contributed by atoms with E-state index >= 15 is 0 Å². The lowest BCUT2D eigenvalue weighted by Crippen LogP contribution is -2.31. The topological polar surface area (TPSA) is 58.6 Å². The zero-order valence-corrected chi connectivity index (χ0v) is 7.67. The van der Waals surface area contributed by atoms with Gasteiger partial charge in [-0.05, 0) is 13.3 Å². The average Bonchev–Trinajstić information content (AvgIpc) is 2.04. The molecule has 0 saturated carbocycles. The minimum Gasteiger partial charge on any atom is -0.465 e. The van der Waals surface area contributed by atoms with Crippen LogP contribution in [0.15, 0.2) is 0 Å². The predicted octanol–water partition coefficient (Wildman–Crippen LogP) is -0.0900. The zero-order valence-electron chi connectivity index (χ0n) is 7.67. The van der Waals surface area contributed by atoms with Gasteiger partial charge in [-0.2, -0.15) is 0 Å². The second kappa shape index (κ2) is 7.06. The molecule has 12 heavy (non-hydrogen) atoms. The van der Waals surface area contributed by atoms with Gasteiger partial charge in [0.05, 0.1) is 19.3 Å². The summed E-state index contributed by atoms with van der Waals surface area (Å²) in [7, 11) is 0. The number of carbonyl (C=O) groups excluding carboxylic acids is 1. The highest BCUT2D eigenvalue weighted by Gasteiger charge is 2.03. The third-order valence-electron chi connectivity index (χ3n) is 1.43. The van der Waals surface area contributed by atoms with E-state index in [1.807, 2.05) is 6.92 Å². The van der Waals surface area contributed by atoms with Crippen molar-refractivity contribution in [3.63, 3.8) is 0 Å². The van der Waals surface area contributed by atoms with E-state index in [-0.39, 0.29) is 18.6 Å². The molecule has 0 saturated heterocycles. The lowest BCUT2D eigenvalue weighted by atomic mass is 10.3. The lowest BCUT2D eigenvalue weighted by molar-refractivity contribution is -0.142. The summed E-state index contributed by atoms with van der Waals surface area (Å²) >= 11 is 0. The number of hydrogen-bond donors (Lipinski definition) is 2. The summed E-state index contributed by atoms with van der Waals surface area (Å²) in [6.45, 7) is 4.66. The van der Waals surface area contributed by atoms with Crippen LogP contribution in [0.5, 0.6) is 0 Å². The molecule has 0 aromatic rings. The van der Waals surface area contributed by atoms with E-state index in [1.165, 1.54) is 0 Å². The van der Waals surface area contributed by atoms with Crippen LogP contribution in [0, 0.1) is 0 Å². The molecule has 0 aromatic heterocycles. The van der Waals surface area contributed by atoms with Crippen LogP contribution in [0.2, 0.25) is 0 Å². The normalized spacial score (nSPS) is 12.6. The summed E-state index contributed by atoms with van der Waals surface area (Å²) in [6.07, 6.45) is 0.315. The number of aliphatic hydroxyl groups is 1. The maximum Gasteiger partial charge on any atom is 0.319 e. The van der Waals surface area contributed by atoms with Crippen molar-refractivity contribution in [3.05, 3.63) is 0 Å². The fourth-order valence-corrected chi connectivity index (χ4v) is 0.697. The zero-order chi connectivity index (χ0) is 9.40. The van der Waals surface area contributed by atoms with Crippen molar-refractivity contribution in [1.82, 2.24) is 5.32 Å². The molecule has 1 unspecified atom stereocenters. The third-order valence-corrected chi connectivity index (χ3v) is 1.43. The quantitative estimate of drug-likeness (QED) is 0.554. The van der Waals surface area contributed by atoms with Gasteiger partial charge in [0.2, 0.25) is 0 Å². The van der Waals surface area contributed by atoms with Gasteiger partial charge in [-0.25, -0.2) is 0 Å². The fourth-order valence-electron chi connectivity index (χ4n) is 0.697. The molecule has 0 radical (unpaired) electrons. The van der Waals surface area contributed by atoms with Gasteiger partial charge >= 0.3 is 5.97 Å². The first kappa shape index (κ1) is 11.4. The minimum absolute atomic E-state index is 0.172. The van der Waals surface area contributed by atoms with Gasteiger partial charge < -0.3 is 15.2 Å². The lowest BCUT2D eigenvalue weighted by Gasteiger charge is -2.08. The summed E-state index contributed by atoms with van der Waals surface area (Å²) < 4.78 is 4.67. The standard InChI is InChI=1S/C8H17NO3/c1-3-7(10)5-9-6-8(11)12-4-2/h7,9-10H,3-6H2,1-2H3. The van der Waals surface area contributed by atoms with Crippen molar-refractivity contribution < 1.29 is 14.6 Å². The van der Waals surface area contributed by atoms with Crippen LogP contribution in [-0.2, 0) is 9.53 Å². The average molecular weight is 175 g/mol. The summed E-state index contributed by atoms with van der Waals surface area (Å²) in [5, 5.41) is 11.9. The molecular formula is C8H17NO3. The maximum atomic E-state index is 10.7. The molecule has 72 valence electrons. The van der Waals surface area contributed by atoms with E-state index < -0.39 is 0 Å². The van der Waals surface area contributed by atoms with E-state index in [0.29, 0.717) is 19.6 Å². The Bertz CT molecular complexity index is 127. The minimum atomic E-state index is -0.376. The molecule has 4 heteroatoms. The molecule has 2 N–H and O–H groups in total. The summed E-state index contributed by atoms with van der Waals surface area (Å²) in [6, 6.07) is 0. The molecule has 0 aliphatic carbocycles. The first-order valence-corrected chi connectivity index (χ1v) is 4.25. The number of aliphatic hydroxyl groups excluding tert-OH is 1. The van der Waals surface area contributed by atoms with Gasteiger partial charge in [-0.1, -0.05) is 6.92 Å². The second-order valence-corrected chi connectivity index (χ2v) is 2.50. The number of esters is 1. The van der Waals surface area contributed by atoms with E-state index in [2.05, 4.69) is 10.1 Å². The van der Waals surface area contributed by atoms with Crippen LogP contribution in [0.3, 0.4) is 0 Å². The molecule has 0 bridgehead atoms. The van der Waals surface area contributed by atoms with E-state index in [0.717, 1.165) is 0 Å². The van der Waals surface area contributed by atoms with E-state index in [9.17, 15) is 4.79 Å². The molecule has 0 aliphatic rings. The van der Waals surface area contributed by atoms with Gasteiger partial charge in [-0.3, -0.25) is 4.79 Å². The number of carbonyl (C=O) groups is 1. The summed E-state index contributed by atoms with van der Waals surface area (Å²) in [5.74, 6) is -0.277. The van der Waals surface area contributed by atoms with Crippen molar-refractivity contribution in [2.45, 2.75) is 26.4 Å². The Balaban J connectivity index is 3.24. The van der Waals surface area contributed by atoms with Crippen LogP contribution < -0.4 is 5.32 Å². The Morgan fingerprint density at radius 1 is 1.58 bits per heavy atom. The van der Waals surface area contributed by atoms with E-state index in [4.69, 9.17) is 5.11 Å². The number of nitrogens with one attached hydrogen (secondary N) is 1. The van der Waals surface area contributed by atoms with Gasteiger partial charge in [0.25, 0.3) is 0 Å². The van der Waals surface area contributed by atoms with Crippen LogP contribution in [0.4, 0.5) is 0 Å². The summed E-state index contributed by atoms with van der Waals surface area (Å²) in [4.78, 5) is 10.7. The van der Waals surface area contributed by atoms with Crippen molar-refractivity contribution in [1.29, 1.82) is 0 Å².